The van der Waals surface area contributed by atoms with Crippen molar-refractivity contribution in [3.05, 3.63) is 49.3 Å². The number of β-amino-alcohol motifs (C(OH)–C–C–N with tert-alkyl or cyclic N) is 1. The fourth-order valence-corrected chi connectivity index (χ4v) is 3.53. The van der Waals surface area contributed by atoms with Gasteiger partial charge in [-0.25, -0.2) is 4.98 Å². The maximum absolute atomic E-state index is 12.4. The number of aromatic nitrogens is 4. The van der Waals surface area contributed by atoms with Crippen molar-refractivity contribution in [3.63, 3.8) is 0 Å². The van der Waals surface area contributed by atoms with Crippen molar-refractivity contribution in [3.8, 4) is 5.75 Å². The molecule has 1 saturated heterocycles. The van der Waals surface area contributed by atoms with Gasteiger partial charge in [-0.2, -0.15) is 5.10 Å². The van der Waals surface area contributed by atoms with Crippen LogP contribution in [0.1, 0.15) is 19.3 Å². The first-order valence-corrected chi connectivity index (χ1v) is 9.48. The number of rotatable bonds is 6. The predicted octanol–water partition coefficient (Wildman–Crippen LogP) is 1.65. The molecule has 1 amide bonds. The number of fused-ring (bicyclic) bond motifs is 1. The van der Waals surface area contributed by atoms with Gasteiger partial charge in [-0.3, -0.25) is 14.5 Å². The summed E-state index contributed by atoms with van der Waals surface area (Å²) in [6.07, 6.45) is 7.30. The lowest BCUT2D eigenvalue weighted by Gasteiger charge is -2.36. The Morgan fingerprint density at radius 1 is 1.29 bits per heavy atom. The van der Waals surface area contributed by atoms with Crippen LogP contribution in [0.2, 0.25) is 0 Å². The number of carbonyl (C=O) groups is 1. The summed E-state index contributed by atoms with van der Waals surface area (Å²) in [5.74, 6) is 0.783. The largest absolute Gasteiger partial charge is 0.487 e. The maximum Gasteiger partial charge on any atom is 0.222 e. The first-order chi connectivity index (χ1) is 13.7. The van der Waals surface area contributed by atoms with Gasteiger partial charge in [0, 0.05) is 49.1 Å². The van der Waals surface area contributed by atoms with Crippen molar-refractivity contribution in [2.45, 2.75) is 38.0 Å². The zero-order valence-corrected chi connectivity index (χ0v) is 15.5. The fraction of sp³-hybridized carbons (Fsp3) is 0.400. The van der Waals surface area contributed by atoms with Crippen LogP contribution in [0.25, 0.3) is 10.8 Å². The molecule has 4 rings (SSSR count). The third kappa shape index (κ3) is 4.12. The molecule has 3 heterocycles. The van der Waals surface area contributed by atoms with E-state index in [1.165, 1.54) is 6.33 Å². The Morgan fingerprint density at radius 3 is 3.04 bits per heavy atom. The number of hydrogen-bond acceptors (Lipinski definition) is 6. The average molecular weight is 381 g/mol. The summed E-state index contributed by atoms with van der Waals surface area (Å²) < 4.78 is 7.81. The molecule has 0 saturated carbocycles. The average Bonchev–Trinajstić information content (AvgIpc) is 3.23. The summed E-state index contributed by atoms with van der Waals surface area (Å²) in [6.45, 7) is 1.53. The lowest BCUT2D eigenvalue weighted by atomic mass is 10.0. The summed E-state index contributed by atoms with van der Waals surface area (Å²) in [6, 6.07) is 7.70. The van der Waals surface area contributed by atoms with Crippen molar-refractivity contribution in [2.24, 2.45) is 0 Å². The molecule has 1 aliphatic heterocycles. The summed E-state index contributed by atoms with van der Waals surface area (Å²) in [4.78, 5) is 22.2. The van der Waals surface area contributed by atoms with E-state index in [-0.39, 0.29) is 12.0 Å². The van der Waals surface area contributed by atoms with E-state index in [0.29, 0.717) is 38.9 Å². The number of nitrogens with zero attached hydrogens (tertiary/aromatic N) is 5. The van der Waals surface area contributed by atoms with E-state index in [2.05, 4.69) is 15.1 Å². The highest BCUT2D eigenvalue weighted by Crippen LogP contribution is 2.27. The first kappa shape index (κ1) is 18.4. The molecule has 146 valence electrons. The van der Waals surface area contributed by atoms with Gasteiger partial charge in [0.1, 0.15) is 30.6 Å². The van der Waals surface area contributed by atoms with Crippen LogP contribution in [0.3, 0.4) is 0 Å². The third-order valence-electron chi connectivity index (χ3n) is 5.04. The second-order valence-electron chi connectivity index (χ2n) is 6.97. The Morgan fingerprint density at radius 2 is 2.21 bits per heavy atom. The van der Waals surface area contributed by atoms with Crippen LogP contribution in [0.15, 0.2) is 49.3 Å². The molecule has 1 fully saturated rings. The molecule has 0 unspecified atom stereocenters. The number of pyridine rings is 1. The van der Waals surface area contributed by atoms with E-state index >= 15 is 0 Å². The number of aliphatic hydroxyl groups excluding tert-OH is 1. The van der Waals surface area contributed by atoms with Crippen LogP contribution in [-0.2, 0) is 11.3 Å². The first-order valence-electron chi connectivity index (χ1n) is 9.48. The Labute approximate surface area is 162 Å². The van der Waals surface area contributed by atoms with Crippen molar-refractivity contribution in [2.75, 3.05) is 13.1 Å². The molecule has 0 aliphatic carbocycles. The van der Waals surface area contributed by atoms with Crippen LogP contribution in [-0.4, -0.2) is 61.0 Å². The number of aryl methyl sites for hydroxylation is 1. The van der Waals surface area contributed by atoms with Crippen molar-refractivity contribution < 1.29 is 14.6 Å². The third-order valence-corrected chi connectivity index (χ3v) is 5.04. The summed E-state index contributed by atoms with van der Waals surface area (Å²) >= 11 is 0. The highest BCUT2D eigenvalue weighted by atomic mass is 16.5. The SMILES string of the molecule is O=C(CCCn1cncn1)N1CC[C@@H](Oc2cccc3cnccc23)[C@H](O)C1. The van der Waals surface area contributed by atoms with E-state index in [1.807, 2.05) is 24.3 Å². The van der Waals surface area contributed by atoms with Crippen molar-refractivity contribution in [1.29, 1.82) is 0 Å². The summed E-state index contributed by atoms with van der Waals surface area (Å²) in [7, 11) is 0. The fourth-order valence-electron chi connectivity index (χ4n) is 3.53. The van der Waals surface area contributed by atoms with Crippen LogP contribution < -0.4 is 4.74 Å². The predicted molar refractivity (Wildman–Crippen MR) is 103 cm³/mol. The van der Waals surface area contributed by atoms with Gasteiger partial charge in [-0.05, 0) is 18.6 Å². The lowest BCUT2D eigenvalue weighted by Crippen LogP contribution is -2.51. The molecule has 2 aromatic heterocycles. The highest BCUT2D eigenvalue weighted by molar-refractivity contribution is 5.87. The van der Waals surface area contributed by atoms with Crippen molar-refractivity contribution in [1.82, 2.24) is 24.6 Å². The lowest BCUT2D eigenvalue weighted by molar-refractivity contribution is -0.137. The van der Waals surface area contributed by atoms with Gasteiger partial charge in [0.05, 0.1) is 6.54 Å². The number of amides is 1. The molecule has 0 radical (unpaired) electrons. The van der Waals surface area contributed by atoms with E-state index < -0.39 is 6.10 Å². The Bertz CT molecular complexity index is 925. The second-order valence-corrected chi connectivity index (χ2v) is 6.97. The normalized spacial score (nSPS) is 19.7. The standard InChI is InChI=1S/C20H23N5O3/c26-17-12-24(20(27)5-2-9-25-14-22-13-23-25)10-7-19(17)28-18-4-1-3-15-11-21-8-6-16(15)18/h1,3-4,6,8,11,13-14,17,19,26H,2,5,7,9-10,12H2/t17-,19-/m1/s1. The Kier molecular flexibility index (Phi) is 5.48. The molecule has 8 nitrogen and oxygen atoms in total. The van der Waals surface area contributed by atoms with Gasteiger partial charge in [-0.15, -0.1) is 0 Å². The van der Waals surface area contributed by atoms with Crippen LogP contribution in [0.4, 0.5) is 0 Å². The number of aliphatic hydroxyl groups is 1. The monoisotopic (exact) mass is 381 g/mol. The number of carbonyl (C=O) groups excluding carboxylic acids is 1. The van der Waals surface area contributed by atoms with E-state index in [4.69, 9.17) is 4.74 Å². The Balaban J connectivity index is 1.31. The van der Waals surface area contributed by atoms with Crippen molar-refractivity contribution >= 4 is 16.7 Å². The molecule has 1 aromatic carbocycles. The molecule has 8 heteroatoms. The minimum atomic E-state index is -0.717. The van der Waals surface area contributed by atoms with Crippen LogP contribution >= 0.6 is 0 Å². The van der Waals surface area contributed by atoms with Gasteiger partial charge in [-0.1, -0.05) is 12.1 Å². The summed E-state index contributed by atoms with van der Waals surface area (Å²) in [5, 5.41) is 16.5. The zero-order valence-electron chi connectivity index (χ0n) is 15.5. The number of benzene rings is 1. The topological polar surface area (TPSA) is 93.4 Å². The zero-order chi connectivity index (χ0) is 19.3. The van der Waals surface area contributed by atoms with Gasteiger partial charge in [0.15, 0.2) is 0 Å². The van der Waals surface area contributed by atoms with Gasteiger partial charge in [0.2, 0.25) is 5.91 Å². The number of likely N-dealkylation sites (tertiary alicyclic amines) is 1. The van der Waals surface area contributed by atoms with Gasteiger partial charge in [0.25, 0.3) is 0 Å². The number of piperidine rings is 1. The molecular weight excluding hydrogens is 358 g/mol. The second kappa shape index (κ2) is 8.35. The van der Waals surface area contributed by atoms with Crippen LogP contribution in [0, 0.1) is 0 Å². The Hall–Kier alpha value is -3.00. The summed E-state index contributed by atoms with van der Waals surface area (Å²) in [5.41, 5.74) is 0. The smallest absolute Gasteiger partial charge is 0.222 e. The molecule has 28 heavy (non-hydrogen) atoms. The molecule has 2 atom stereocenters. The molecule has 3 aromatic rings. The van der Waals surface area contributed by atoms with Crippen LogP contribution in [0.5, 0.6) is 5.75 Å². The molecule has 0 bridgehead atoms. The van der Waals surface area contributed by atoms with Gasteiger partial charge >= 0.3 is 0 Å². The molecule has 1 aliphatic rings. The maximum atomic E-state index is 12.4. The van der Waals surface area contributed by atoms with E-state index in [9.17, 15) is 9.90 Å². The minimum absolute atomic E-state index is 0.0499. The van der Waals surface area contributed by atoms with Gasteiger partial charge < -0.3 is 14.7 Å². The number of hydrogen-bond donors (Lipinski definition) is 1. The molecule has 1 N–H and O–H groups in total. The molecule has 0 spiro atoms. The molecular formula is C20H23N5O3. The van der Waals surface area contributed by atoms with E-state index in [0.717, 1.165) is 16.5 Å². The number of ether oxygens (including phenoxy) is 1. The van der Waals surface area contributed by atoms with E-state index in [1.54, 1.807) is 28.3 Å². The quantitative estimate of drug-likeness (QED) is 0.698. The minimum Gasteiger partial charge on any atom is -0.487 e. The highest BCUT2D eigenvalue weighted by Gasteiger charge is 2.31.